The third-order valence-corrected chi connectivity index (χ3v) is 3.80. The maximum absolute atomic E-state index is 13.8. The molecular weight excluding hydrogens is 299 g/mol. The molecule has 1 N–H and O–H groups in total. The van der Waals surface area contributed by atoms with Crippen molar-refractivity contribution in [2.75, 3.05) is 13.1 Å². The number of hydrogen-bond acceptors (Lipinski definition) is 2. The SMILES string of the molecule is O=C(CCCc1ccc(F)c(F)c1)N1CCC(F)(C(=O)O)C1. The fourth-order valence-electron chi connectivity index (χ4n) is 2.46. The van der Waals surface area contributed by atoms with Crippen molar-refractivity contribution in [2.24, 2.45) is 0 Å². The molecule has 1 atom stereocenters. The van der Waals surface area contributed by atoms with Crippen LogP contribution in [0.4, 0.5) is 13.2 Å². The Labute approximate surface area is 125 Å². The molecule has 1 aliphatic heterocycles. The van der Waals surface area contributed by atoms with Crippen molar-refractivity contribution in [1.29, 1.82) is 0 Å². The van der Waals surface area contributed by atoms with Crippen molar-refractivity contribution in [3.8, 4) is 0 Å². The minimum absolute atomic E-state index is 0.0762. The van der Waals surface area contributed by atoms with Crippen LogP contribution in [-0.2, 0) is 16.0 Å². The first-order chi connectivity index (χ1) is 10.3. The number of nitrogens with zero attached hydrogens (tertiary/aromatic N) is 1. The van der Waals surface area contributed by atoms with Crippen LogP contribution in [0.5, 0.6) is 0 Å². The van der Waals surface area contributed by atoms with Crippen molar-refractivity contribution in [3.05, 3.63) is 35.4 Å². The number of carbonyl (C=O) groups is 2. The van der Waals surface area contributed by atoms with Crippen LogP contribution in [-0.4, -0.2) is 40.6 Å². The predicted octanol–water partition coefficient (Wildman–Crippen LogP) is 2.31. The van der Waals surface area contributed by atoms with E-state index < -0.39 is 29.8 Å². The number of aliphatic carboxylic acids is 1. The Kier molecular flexibility index (Phi) is 4.73. The predicted molar refractivity (Wildman–Crippen MR) is 72.0 cm³/mol. The van der Waals surface area contributed by atoms with Crippen LogP contribution < -0.4 is 0 Å². The molecule has 0 aromatic heterocycles. The standard InChI is InChI=1S/C15H16F3NO3/c16-11-5-4-10(8-12(11)17)2-1-3-13(20)19-7-6-15(18,9-19)14(21)22/h4-5,8H,1-3,6-7,9H2,(H,21,22). The van der Waals surface area contributed by atoms with Crippen LogP contribution >= 0.6 is 0 Å². The van der Waals surface area contributed by atoms with Gasteiger partial charge in [0.15, 0.2) is 11.6 Å². The number of carbonyl (C=O) groups excluding carboxylic acids is 1. The highest BCUT2D eigenvalue weighted by Gasteiger charge is 2.46. The van der Waals surface area contributed by atoms with Crippen LogP contribution in [0.1, 0.15) is 24.8 Å². The molecular formula is C15H16F3NO3. The Morgan fingerprint density at radius 3 is 2.59 bits per heavy atom. The summed E-state index contributed by atoms with van der Waals surface area (Å²) >= 11 is 0. The molecule has 1 saturated heterocycles. The van der Waals surface area contributed by atoms with Crippen LogP contribution in [0.25, 0.3) is 0 Å². The third kappa shape index (κ3) is 3.58. The molecule has 4 nitrogen and oxygen atoms in total. The van der Waals surface area contributed by atoms with Gasteiger partial charge in [0.25, 0.3) is 0 Å². The van der Waals surface area contributed by atoms with E-state index in [0.717, 1.165) is 12.1 Å². The second-order valence-corrected chi connectivity index (χ2v) is 5.44. The molecule has 22 heavy (non-hydrogen) atoms. The summed E-state index contributed by atoms with van der Waals surface area (Å²) in [6, 6.07) is 3.54. The number of rotatable bonds is 5. The molecule has 1 heterocycles. The molecule has 2 rings (SSSR count). The molecule has 1 aliphatic rings. The van der Waals surface area contributed by atoms with Gasteiger partial charge in [-0.25, -0.2) is 18.0 Å². The summed E-state index contributed by atoms with van der Waals surface area (Å²) in [4.78, 5) is 23.9. The number of halogens is 3. The number of likely N-dealkylation sites (tertiary alicyclic amines) is 1. The Balaban J connectivity index is 1.81. The molecule has 1 amide bonds. The van der Waals surface area contributed by atoms with E-state index in [1.54, 1.807) is 0 Å². The number of alkyl halides is 1. The van der Waals surface area contributed by atoms with E-state index in [1.807, 2.05) is 0 Å². The average molecular weight is 315 g/mol. The zero-order valence-electron chi connectivity index (χ0n) is 11.8. The highest BCUT2D eigenvalue weighted by molar-refractivity contribution is 5.82. The summed E-state index contributed by atoms with van der Waals surface area (Å²) in [7, 11) is 0. The number of aryl methyl sites for hydroxylation is 1. The topological polar surface area (TPSA) is 57.6 Å². The molecule has 7 heteroatoms. The van der Waals surface area contributed by atoms with Crippen molar-refractivity contribution >= 4 is 11.9 Å². The molecule has 0 aliphatic carbocycles. The van der Waals surface area contributed by atoms with Gasteiger partial charge in [0, 0.05) is 19.4 Å². The van der Waals surface area contributed by atoms with Gasteiger partial charge in [0.05, 0.1) is 6.54 Å². The van der Waals surface area contributed by atoms with E-state index >= 15 is 0 Å². The number of carboxylic acids is 1. The second-order valence-electron chi connectivity index (χ2n) is 5.44. The zero-order chi connectivity index (χ0) is 16.3. The van der Waals surface area contributed by atoms with Gasteiger partial charge in [-0.05, 0) is 30.5 Å². The molecule has 1 unspecified atom stereocenters. The molecule has 0 radical (unpaired) electrons. The van der Waals surface area contributed by atoms with Gasteiger partial charge < -0.3 is 10.0 Å². The van der Waals surface area contributed by atoms with Crippen molar-refractivity contribution in [1.82, 2.24) is 4.90 Å². The first-order valence-electron chi connectivity index (χ1n) is 6.96. The Morgan fingerprint density at radius 1 is 1.27 bits per heavy atom. The van der Waals surface area contributed by atoms with Gasteiger partial charge >= 0.3 is 5.97 Å². The number of carboxylic acid groups (broad SMARTS) is 1. The van der Waals surface area contributed by atoms with Crippen molar-refractivity contribution < 1.29 is 27.9 Å². The molecule has 0 spiro atoms. The lowest BCUT2D eigenvalue weighted by molar-refractivity contribution is -0.150. The summed E-state index contributed by atoms with van der Waals surface area (Å²) in [6.07, 6.45) is 0.676. The molecule has 1 aromatic rings. The normalized spacial score (nSPS) is 21.1. The number of hydrogen-bond donors (Lipinski definition) is 1. The largest absolute Gasteiger partial charge is 0.479 e. The van der Waals surface area contributed by atoms with E-state index in [0.29, 0.717) is 18.4 Å². The van der Waals surface area contributed by atoms with Gasteiger partial charge in [0.2, 0.25) is 11.6 Å². The van der Waals surface area contributed by atoms with Gasteiger partial charge in [0.1, 0.15) is 0 Å². The third-order valence-electron chi connectivity index (χ3n) is 3.80. The molecule has 120 valence electrons. The van der Waals surface area contributed by atoms with E-state index in [9.17, 15) is 22.8 Å². The fourth-order valence-corrected chi connectivity index (χ4v) is 2.46. The lowest BCUT2D eigenvalue weighted by Gasteiger charge is -2.17. The van der Waals surface area contributed by atoms with Gasteiger partial charge in [-0.15, -0.1) is 0 Å². The maximum Gasteiger partial charge on any atom is 0.343 e. The summed E-state index contributed by atoms with van der Waals surface area (Å²) in [6.45, 7) is -0.362. The quantitative estimate of drug-likeness (QED) is 0.907. The second kappa shape index (κ2) is 6.37. The minimum Gasteiger partial charge on any atom is -0.479 e. The lowest BCUT2D eigenvalue weighted by Crippen LogP contribution is -2.38. The Morgan fingerprint density at radius 2 is 2.00 bits per heavy atom. The number of benzene rings is 1. The Hall–Kier alpha value is -2.05. The van der Waals surface area contributed by atoms with Gasteiger partial charge in [-0.3, -0.25) is 4.79 Å². The minimum atomic E-state index is -2.37. The fraction of sp³-hybridized carbons (Fsp3) is 0.467. The lowest BCUT2D eigenvalue weighted by atomic mass is 10.1. The van der Waals surface area contributed by atoms with Crippen LogP contribution in [0.2, 0.25) is 0 Å². The zero-order valence-corrected chi connectivity index (χ0v) is 11.8. The summed E-state index contributed by atoms with van der Waals surface area (Å²) < 4.78 is 39.6. The van der Waals surface area contributed by atoms with E-state index in [2.05, 4.69) is 0 Å². The van der Waals surface area contributed by atoms with Crippen molar-refractivity contribution in [3.63, 3.8) is 0 Å². The van der Waals surface area contributed by atoms with Crippen LogP contribution in [0, 0.1) is 11.6 Å². The molecule has 1 fully saturated rings. The van der Waals surface area contributed by atoms with Gasteiger partial charge in [-0.1, -0.05) is 6.07 Å². The van der Waals surface area contributed by atoms with Crippen LogP contribution in [0.15, 0.2) is 18.2 Å². The highest BCUT2D eigenvalue weighted by atomic mass is 19.2. The summed E-state index contributed by atoms with van der Waals surface area (Å²) in [5.41, 5.74) is -1.80. The monoisotopic (exact) mass is 315 g/mol. The highest BCUT2D eigenvalue weighted by Crippen LogP contribution is 2.26. The molecule has 0 bridgehead atoms. The van der Waals surface area contributed by atoms with Crippen LogP contribution in [0.3, 0.4) is 0 Å². The van der Waals surface area contributed by atoms with Gasteiger partial charge in [-0.2, -0.15) is 0 Å². The van der Waals surface area contributed by atoms with E-state index in [-0.39, 0.29) is 25.3 Å². The summed E-state index contributed by atoms with van der Waals surface area (Å²) in [5, 5.41) is 8.77. The number of amides is 1. The first kappa shape index (κ1) is 16.3. The first-order valence-corrected chi connectivity index (χ1v) is 6.96. The smallest absolute Gasteiger partial charge is 0.343 e. The van der Waals surface area contributed by atoms with E-state index in [1.165, 1.54) is 11.0 Å². The molecule has 0 saturated carbocycles. The maximum atomic E-state index is 13.8. The molecule has 1 aromatic carbocycles. The van der Waals surface area contributed by atoms with Crippen molar-refractivity contribution in [2.45, 2.75) is 31.4 Å². The Bertz CT molecular complexity index is 593. The van der Waals surface area contributed by atoms with E-state index in [4.69, 9.17) is 5.11 Å². The average Bonchev–Trinajstić information content (AvgIpc) is 2.87. The summed E-state index contributed by atoms with van der Waals surface area (Å²) in [5.74, 6) is -3.75.